The Hall–Kier alpha value is -2.05. The van der Waals surface area contributed by atoms with Crippen molar-refractivity contribution in [1.29, 1.82) is 0 Å². The van der Waals surface area contributed by atoms with Crippen molar-refractivity contribution in [2.75, 3.05) is 6.61 Å². The fourth-order valence-electron chi connectivity index (χ4n) is 1.24. The molecule has 0 aliphatic heterocycles. The minimum Gasteiger partial charge on any atom is -0.462 e. The molecule has 0 aromatic heterocycles. The van der Waals surface area contributed by atoms with E-state index in [4.69, 9.17) is 4.74 Å². The first-order chi connectivity index (χ1) is 8.47. The van der Waals surface area contributed by atoms with Crippen LogP contribution in [0.1, 0.15) is 30.1 Å². The van der Waals surface area contributed by atoms with E-state index in [0.717, 1.165) is 6.42 Å². The maximum atomic E-state index is 13.0. The molecule has 0 aliphatic rings. The molecule has 7 heteroatoms. The molecular weight excluding hydrogens is 248 g/mol. The zero-order chi connectivity index (χ0) is 13.7. The number of nitro groups is 1. The lowest BCUT2D eigenvalue weighted by Crippen LogP contribution is -2.10. The number of carbonyl (C=O) groups excluding carboxylic acids is 1. The molecule has 0 N–H and O–H groups in total. The number of unbranched alkanes of at least 4 members (excludes halogenated alkanes) is 1. The Labute approximate surface area is 102 Å². The van der Waals surface area contributed by atoms with Crippen LogP contribution in [0.15, 0.2) is 12.1 Å². The molecular formula is C11H11F2NO4. The van der Waals surface area contributed by atoms with Crippen LogP contribution in [0.25, 0.3) is 0 Å². The molecule has 0 fully saturated rings. The number of esters is 1. The zero-order valence-corrected chi connectivity index (χ0v) is 9.61. The highest BCUT2D eigenvalue weighted by molar-refractivity contribution is 5.93. The highest BCUT2D eigenvalue weighted by Gasteiger charge is 2.24. The smallest absolute Gasteiger partial charge is 0.345 e. The van der Waals surface area contributed by atoms with Gasteiger partial charge in [0.05, 0.1) is 17.6 Å². The Kier molecular flexibility index (Phi) is 4.70. The Bertz CT molecular complexity index is 476. The molecule has 0 heterocycles. The van der Waals surface area contributed by atoms with Gasteiger partial charge in [-0.25, -0.2) is 13.6 Å². The first-order valence-corrected chi connectivity index (χ1v) is 5.28. The first kappa shape index (κ1) is 14.0. The Morgan fingerprint density at radius 2 is 2.00 bits per heavy atom. The number of carbonyl (C=O) groups is 1. The standard InChI is InChI=1S/C11H11F2NO4/c1-2-3-4-18-11(15)7-5-8(12)9(13)6-10(7)14(16)17/h5-6H,2-4H2,1H3. The molecule has 98 valence electrons. The lowest BCUT2D eigenvalue weighted by molar-refractivity contribution is -0.385. The summed E-state index contributed by atoms with van der Waals surface area (Å²) in [6.07, 6.45) is 1.36. The molecule has 0 saturated carbocycles. The van der Waals surface area contributed by atoms with Crippen LogP contribution in [0.4, 0.5) is 14.5 Å². The van der Waals surface area contributed by atoms with E-state index in [0.29, 0.717) is 18.6 Å². The van der Waals surface area contributed by atoms with Crippen LogP contribution < -0.4 is 0 Å². The van der Waals surface area contributed by atoms with Gasteiger partial charge in [-0.15, -0.1) is 0 Å². The number of hydrogen-bond donors (Lipinski definition) is 0. The topological polar surface area (TPSA) is 69.4 Å². The molecule has 5 nitrogen and oxygen atoms in total. The van der Waals surface area contributed by atoms with Gasteiger partial charge in [0, 0.05) is 0 Å². The number of benzene rings is 1. The monoisotopic (exact) mass is 259 g/mol. The largest absolute Gasteiger partial charge is 0.462 e. The summed E-state index contributed by atoms with van der Waals surface area (Å²) in [6, 6.07) is 0.841. The lowest BCUT2D eigenvalue weighted by atomic mass is 10.1. The van der Waals surface area contributed by atoms with Crippen LogP contribution in [-0.4, -0.2) is 17.5 Å². The summed E-state index contributed by atoms with van der Waals surface area (Å²) in [5.74, 6) is -3.75. The van der Waals surface area contributed by atoms with Gasteiger partial charge < -0.3 is 4.74 Å². The van der Waals surface area contributed by atoms with E-state index in [-0.39, 0.29) is 6.61 Å². The van der Waals surface area contributed by atoms with Gasteiger partial charge in [-0.2, -0.15) is 0 Å². The Morgan fingerprint density at radius 3 is 2.56 bits per heavy atom. The molecule has 0 radical (unpaired) electrons. The predicted octanol–water partition coefficient (Wildman–Crippen LogP) is 2.83. The zero-order valence-electron chi connectivity index (χ0n) is 9.61. The average molecular weight is 259 g/mol. The highest BCUT2D eigenvalue weighted by Crippen LogP contribution is 2.23. The molecule has 0 bridgehead atoms. The van der Waals surface area contributed by atoms with Crippen LogP contribution in [0.3, 0.4) is 0 Å². The second-order valence-electron chi connectivity index (χ2n) is 3.53. The SMILES string of the molecule is CCCCOC(=O)c1cc(F)c(F)cc1[N+](=O)[O-]. The van der Waals surface area contributed by atoms with Gasteiger partial charge in [-0.1, -0.05) is 13.3 Å². The van der Waals surface area contributed by atoms with Crippen LogP contribution in [-0.2, 0) is 4.74 Å². The minimum absolute atomic E-state index is 0.0749. The number of nitro benzene ring substituents is 1. The van der Waals surface area contributed by atoms with E-state index in [1.807, 2.05) is 6.92 Å². The van der Waals surface area contributed by atoms with E-state index >= 15 is 0 Å². The van der Waals surface area contributed by atoms with Crippen LogP contribution >= 0.6 is 0 Å². The van der Waals surface area contributed by atoms with Crippen LogP contribution in [0.2, 0.25) is 0 Å². The lowest BCUT2D eigenvalue weighted by Gasteiger charge is -2.05. The van der Waals surface area contributed by atoms with Gasteiger partial charge >= 0.3 is 5.97 Å². The fraction of sp³-hybridized carbons (Fsp3) is 0.364. The molecule has 1 rings (SSSR count). The second-order valence-corrected chi connectivity index (χ2v) is 3.53. The summed E-state index contributed by atoms with van der Waals surface area (Å²) >= 11 is 0. The van der Waals surface area contributed by atoms with E-state index in [1.165, 1.54) is 0 Å². The molecule has 0 spiro atoms. The van der Waals surface area contributed by atoms with E-state index < -0.39 is 33.8 Å². The van der Waals surface area contributed by atoms with E-state index in [9.17, 15) is 23.7 Å². The molecule has 0 atom stereocenters. The van der Waals surface area contributed by atoms with Gasteiger partial charge in [0.25, 0.3) is 5.69 Å². The average Bonchev–Trinajstić information content (AvgIpc) is 2.32. The fourth-order valence-corrected chi connectivity index (χ4v) is 1.24. The van der Waals surface area contributed by atoms with Gasteiger partial charge in [-0.3, -0.25) is 10.1 Å². The van der Waals surface area contributed by atoms with Crippen molar-refractivity contribution in [3.8, 4) is 0 Å². The third-order valence-electron chi connectivity index (χ3n) is 2.19. The maximum Gasteiger partial charge on any atom is 0.345 e. The van der Waals surface area contributed by atoms with Crippen molar-refractivity contribution >= 4 is 11.7 Å². The van der Waals surface area contributed by atoms with Crippen molar-refractivity contribution in [2.45, 2.75) is 19.8 Å². The molecule has 0 unspecified atom stereocenters. The predicted molar refractivity (Wildman–Crippen MR) is 58.2 cm³/mol. The molecule has 0 aliphatic carbocycles. The van der Waals surface area contributed by atoms with Crippen LogP contribution in [0, 0.1) is 21.7 Å². The molecule has 18 heavy (non-hydrogen) atoms. The van der Waals surface area contributed by atoms with Gasteiger partial charge in [-0.05, 0) is 12.5 Å². The number of nitrogens with zero attached hydrogens (tertiary/aromatic N) is 1. The highest BCUT2D eigenvalue weighted by atomic mass is 19.2. The van der Waals surface area contributed by atoms with E-state index in [1.54, 1.807) is 0 Å². The van der Waals surface area contributed by atoms with Gasteiger partial charge in [0.2, 0.25) is 0 Å². The summed E-state index contributed by atoms with van der Waals surface area (Å²) in [6.45, 7) is 1.94. The van der Waals surface area contributed by atoms with Crippen LogP contribution in [0.5, 0.6) is 0 Å². The number of hydrogen-bond acceptors (Lipinski definition) is 4. The summed E-state index contributed by atoms with van der Waals surface area (Å²) in [7, 11) is 0. The third kappa shape index (κ3) is 3.22. The van der Waals surface area contributed by atoms with Crippen molar-refractivity contribution in [3.05, 3.63) is 39.4 Å². The maximum absolute atomic E-state index is 13.0. The number of ether oxygens (including phenoxy) is 1. The first-order valence-electron chi connectivity index (χ1n) is 5.28. The van der Waals surface area contributed by atoms with Crippen molar-refractivity contribution < 1.29 is 23.2 Å². The quantitative estimate of drug-likeness (QED) is 0.353. The summed E-state index contributed by atoms with van der Waals surface area (Å²) in [5, 5.41) is 10.6. The Balaban J connectivity index is 3.02. The van der Waals surface area contributed by atoms with Gasteiger partial charge in [0.15, 0.2) is 11.6 Å². The summed E-state index contributed by atoms with van der Waals surface area (Å²) in [4.78, 5) is 21.2. The molecule has 0 saturated heterocycles. The van der Waals surface area contributed by atoms with Crippen molar-refractivity contribution in [1.82, 2.24) is 0 Å². The Morgan fingerprint density at radius 1 is 1.39 bits per heavy atom. The number of rotatable bonds is 5. The van der Waals surface area contributed by atoms with Gasteiger partial charge in [0.1, 0.15) is 5.56 Å². The summed E-state index contributed by atoms with van der Waals surface area (Å²) < 4.78 is 30.5. The normalized spacial score (nSPS) is 10.2. The second kappa shape index (κ2) is 6.04. The molecule has 1 aromatic rings. The molecule has 1 aromatic carbocycles. The minimum atomic E-state index is -1.38. The number of halogens is 2. The van der Waals surface area contributed by atoms with Crippen molar-refractivity contribution in [2.24, 2.45) is 0 Å². The van der Waals surface area contributed by atoms with E-state index in [2.05, 4.69) is 0 Å². The van der Waals surface area contributed by atoms with Crippen molar-refractivity contribution in [3.63, 3.8) is 0 Å². The summed E-state index contributed by atoms with van der Waals surface area (Å²) in [5.41, 5.74) is -1.40. The third-order valence-corrected chi connectivity index (χ3v) is 2.19. The molecule has 0 amide bonds.